The molecule has 6 heteroatoms. The molecular formula is C15H26IN3O2. The number of rotatable bonds is 7. The Kier molecular flexibility index (Phi) is 11.1. The van der Waals surface area contributed by atoms with Crippen molar-refractivity contribution < 1.29 is 9.47 Å². The lowest BCUT2D eigenvalue weighted by atomic mass is 10.2. The molecule has 0 bridgehead atoms. The molecule has 1 aromatic carbocycles. The fraction of sp³-hybridized carbons (Fsp3) is 0.533. The molecule has 0 aliphatic carbocycles. The highest BCUT2D eigenvalue weighted by Gasteiger charge is 2.00. The molecule has 0 amide bonds. The SMILES string of the molecule is CN=C(NCc1ccc(OCCOC)cc1)NC(C)C.I. The van der Waals surface area contributed by atoms with E-state index in [2.05, 4.69) is 29.5 Å². The number of hydrogen-bond donors (Lipinski definition) is 2. The molecule has 0 saturated heterocycles. The standard InChI is InChI=1S/C15H25N3O2.HI/c1-12(2)18-15(16-3)17-11-13-5-7-14(8-6-13)20-10-9-19-4;/h5-8,12H,9-11H2,1-4H3,(H2,16,17,18);1H. The average Bonchev–Trinajstić information content (AvgIpc) is 2.44. The van der Waals surface area contributed by atoms with Crippen LogP contribution in [0.5, 0.6) is 5.75 Å². The maximum atomic E-state index is 5.52. The van der Waals surface area contributed by atoms with Gasteiger partial charge in [-0.05, 0) is 31.5 Å². The summed E-state index contributed by atoms with van der Waals surface area (Å²) in [6, 6.07) is 8.37. The highest BCUT2D eigenvalue weighted by Crippen LogP contribution is 2.11. The van der Waals surface area contributed by atoms with Crippen LogP contribution < -0.4 is 15.4 Å². The highest BCUT2D eigenvalue weighted by atomic mass is 127. The molecule has 0 radical (unpaired) electrons. The van der Waals surface area contributed by atoms with Gasteiger partial charge in [0.25, 0.3) is 0 Å². The molecule has 0 atom stereocenters. The summed E-state index contributed by atoms with van der Waals surface area (Å²) in [6.07, 6.45) is 0. The zero-order valence-electron chi connectivity index (χ0n) is 13.2. The van der Waals surface area contributed by atoms with E-state index in [4.69, 9.17) is 9.47 Å². The first-order chi connectivity index (χ1) is 9.65. The van der Waals surface area contributed by atoms with Gasteiger partial charge in [0.2, 0.25) is 0 Å². The predicted octanol–water partition coefficient (Wildman–Crippen LogP) is 2.40. The van der Waals surface area contributed by atoms with Gasteiger partial charge >= 0.3 is 0 Å². The highest BCUT2D eigenvalue weighted by molar-refractivity contribution is 14.0. The maximum absolute atomic E-state index is 5.52. The van der Waals surface area contributed by atoms with Crippen molar-refractivity contribution >= 4 is 29.9 Å². The van der Waals surface area contributed by atoms with Gasteiger partial charge < -0.3 is 20.1 Å². The topological polar surface area (TPSA) is 54.9 Å². The van der Waals surface area contributed by atoms with Crippen molar-refractivity contribution in [2.45, 2.75) is 26.4 Å². The van der Waals surface area contributed by atoms with Crippen LogP contribution in [0.4, 0.5) is 0 Å². The van der Waals surface area contributed by atoms with Crippen molar-refractivity contribution in [3.8, 4) is 5.75 Å². The van der Waals surface area contributed by atoms with Crippen LogP contribution in [0.25, 0.3) is 0 Å². The number of benzene rings is 1. The van der Waals surface area contributed by atoms with Crippen LogP contribution in [-0.4, -0.2) is 39.4 Å². The number of halogens is 1. The van der Waals surface area contributed by atoms with Gasteiger partial charge in [-0.3, -0.25) is 4.99 Å². The summed E-state index contributed by atoms with van der Waals surface area (Å²) < 4.78 is 10.5. The van der Waals surface area contributed by atoms with Crippen molar-refractivity contribution in [3.63, 3.8) is 0 Å². The largest absolute Gasteiger partial charge is 0.491 e. The third kappa shape index (κ3) is 8.77. The van der Waals surface area contributed by atoms with Crippen molar-refractivity contribution in [1.82, 2.24) is 10.6 Å². The Morgan fingerprint density at radius 1 is 1.19 bits per heavy atom. The summed E-state index contributed by atoms with van der Waals surface area (Å²) in [6.45, 7) is 6.06. The summed E-state index contributed by atoms with van der Waals surface area (Å²) in [4.78, 5) is 4.17. The lowest BCUT2D eigenvalue weighted by molar-refractivity contribution is 0.146. The van der Waals surface area contributed by atoms with Gasteiger partial charge in [-0.1, -0.05) is 12.1 Å². The fourth-order valence-corrected chi connectivity index (χ4v) is 1.60. The summed E-state index contributed by atoms with van der Waals surface area (Å²) >= 11 is 0. The minimum absolute atomic E-state index is 0. The lowest BCUT2D eigenvalue weighted by Gasteiger charge is -2.14. The average molecular weight is 407 g/mol. The van der Waals surface area contributed by atoms with Crippen molar-refractivity contribution in [3.05, 3.63) is 29.8 Å². The molecule has 0 fully saturated rings. The third-order valence-electron chi connectivity index (χ3n) is 2.59. The molecule has 0 heterocycles. The molecule has 0 aliphatic rings. The van der Waals surface area contributed by atoms with E-state index in [0.717, 1.165) is 18.3 Å². The fourth-order valence-electron chi connectivity index (χ4n) is 1.60. The third-order valence-corrected chi connectivity index (χ3v) is 2.59. The summed E-state index contributed by atoms with van der Waals surface area (Å²) in [7, 11) is 3.43. The summed E-state index contributed by atoms with van der Waals surface area (Å²) in [5.74, 6) is 1.66. The molecule has 2 N–H and O–H groups in total. The van der Waals surface area contributed by atoms with E-state index >= 15 is 0 Å². The molecule has 0 aromatic heterocycles. The van der Waals surface area contributed by atoms with E-state index in [1.165, 1.54) is 5.56 Å². The molecule has 0 saturated carbocycles. The number of methoxy groups -OCH3 is 1. The van der Waals surface area contributed by atoms with Crippen LogP contribution in [0.15, 0.2) is 29.3 Å². The second kappa shape index (κ2) is 11.6. The van der Waals surface area contributed by atoms with Crippen LogP contribution in [0, 0.1) is 0 Å². The number of hydrogen-bond acceptors (Lipinski definition) is 3. The first-order valence-corrected chi connectivity index (χ1v) is 6.83. The number of nitrogens with one attached hydrogen (secondary N) is 2. The molecular weight excluding hydrogens is 381 g/mol. The Balaban J connectivity index is 0.00000400. The molecule has 1 rings (SSSR count). The minimum Gasteiger partial charge on any atom is -0.491 e. The molecule has 1 aromatic rings. The summed E-state index contributed by atoms with van der Waals surface area (Å²) in [5.41, 5.74) is 1.18. The van der Waals surface area contributed by atoms with Crippen LogP contribution in [0.3, 0.4) is 0 Å². The van der Waals surface area contributed by atoms with E-state index in [0.29, 0.717) is 19.3 Å². The molecule has 0 unspecified atom stereocenters. The van der Waals surface area contributed by atoms with E-state index in [1.807, 2.05) is 24.3 Å². The molecule has 5 nitrogen and oxygen atoms in total. The Morgan fingerprint density at radius 2 is 1.86 bits per heavy atom. The van der Waals surface area contributed by atoms with E-state index in [-0.39, 0.29) is 24.0 Å². The minimum atomic E-state index is 0. The van der Waals surface area contributed by atoms with Gasteiger partial charge in [-0.25, -0.2) is 0 Å². The van der Waals surface area contributed by atoms with Crippen molar-refractivity contribution in [2.24, 2.45) is 4.99 Å². The summed E-state index contributed by atoms with van der Waals surface area (Å²) in [5, 5.41) is 6.51. The van der Waals surface area contributed by atoms with E-state index < -0.39 is 0 Å². The molecule has 120 valence electrons. The van der Waals surface area contributed by atoms with Gasteiger partial charge in [0.05, 0.1) is 6.61 Å². The quantitative estimate of drug-likeness (QED) is 0.316. The zero-order valence-corrected chi connectivity index (χ0v) is 15.5. The number of nitrogens with zero attached hydrogens (tertiary/aromatic N) is 1. The maximum Gasteiger partial charge on any atom is 0.191 e. The van der Waals surface area contributed by atoms with Gasteiger partial charge in [0.1, 0.15) is 12.4 Å². The smallest absolute Gasteiger partial charge is 0.191 e. The second-order valence-electron chi connectivity index (χ2n) is 4.71. The van der Waals surface area contributed by atoms with E-state index in [9.17, 15) is 0 Å². The number of guanidine groups is 1. The number of aliphatic imine (C=N–C) groups is 1. The lowest BCUT2D eigenvalue weighted by Crippen LogP contribution is -2.40. The first kappa shape index (κ1) is 20.0. The Labute approximate surface area is 144 Å². The van der Waals surface area contributed by atoms with Gasteiger partial charge in [0.15, 0.2) is 5.96 Å². The Hall–Kier alpha value is -1.02. The van der Waals surface area contributed by atoms with Crippen LogP contribution >= 0.6 is 24.0 Å². The zero-order chi connectivity index (χ0) is 14.8. The monoisotopic (exact) mass is 407 g/mol. The van der Waals surface area contributed by atoms with Crippen LogP contribution in [-0.2, 0) is 11.3 Å². The van der Waals surface area contributed by atoms with Crippen molar-refractivity contribution in [2.75, 3.05) is 27.4 Å². The van der Waals surface area contributed by atoms with Gasteiger partial charge in [0, 0.05) is 26.7 Å². The molecule has 21 heavy (non-hydrogen) atoms. The predicted molar refractivity (Wildman–Crippen MR) is 97.7 cm³/mol. The van der Waals surface area contributed by atoms with Gasteiger partial charge in [-0.2, -0.15) is 0 Å². The normalized spacial score (nSPS) is 11.0. The Bertz CT molecular complexity index is 408. The first-order valence-electron chi connectivity index (χ1n) is 6.83. The Morgan fingerprint density at radius 3 is 2.38 bits per heavy atom. The molecule has 0 aliphatic heterocycles. The van der Waals surface area contributed by atoms with Crippen LogP contribution in [0.2, 0.25) is 0 Å². The van der Waals surface area contributed by atoms with Gasteiger partial charge in [-0.15, -0.1) is 24.0 Å². The second-order valence-corrected chi connectivity index (χ2v) is 4.71. The van der Waals surface area contributed by atoms with Crippen LogP contribution in [0.1, 0.15) is 19.4 Å². The number of ether oxygens (including phenoxy) is 2. The molecule has 0 spiro atoms. The van der Waals surface area contributed by atoms with E-state index in [1.54, 1.807) is 14.2 Å². The van der Waals surface area contributed by atoms with Crippen molar-refractivity contribution in [1.29, 1.82) is 0 Å².